The fourth-order valence-electron chi connectivity index (χ4n) is 6.25. The van der Waals surface area contributed by atoms with E-state index in [4.69, 9.17) is 21.3 Å². The van der Waals surface area contributed by atoms with E-state index in [1.807, 2.05) is 4.90 Å². The number of halogens is 3. The monoisotopic (exact) mass is 581 g/mol. The number of anilines is 2. The predicted octanol–water partition coefficient (Wildman–Crippen LogP) is 3.46. The van der Waals surface area contributed by atoms with Gasteiger partial charge < -0.3 is 19.9 Å². The Morgan fingerprint density at radius 3 is 2.73 bits per heavy atom. The van der Waals surface area contributed by atoms with E-state index in [1.165, 1.54) is 35.5 Å². The number of nitrogens with zero attached hydrogens (tertiary/aromatic N) is 6. The maximum absolute atomic E-state index is 15.5. The average Bonchev–Trinajstić information content (AvgIpc) is 3.58. The van der Waals surface area contributed by atoms with Crippen LogP contribution in [-0.4, -0.2) is 87.7 Å². The van der Waals surface area contributed by atoms with E-state index < -0.39 is 23.0 Å². The van der Waals surface area contributed by atoms with Crippen LogP contribution in [0.15, 0.2) is 42.7 Å². The third kappa shape index (κ3) is 4.19. The predicted molar refractivity (Wildman–Crippen MR) is 145 cm³/mol. The smallest absolute Gasteiger partial charge is 0.320 e. The highest BCUT2D eigenvalue weighted by molar-refractivity contribution is 6.30. The number of hydrogen-bond donors (Lipinski definition) is 1. The van der Waals surface area contributed by atoms with Crippen LogP contribution in [0.2, 0.25) is 5.02 Å². The zero-order valence-corrected chi connectivity index (χ0v) is 22.8. The van der Waals surface area contributed by atoms with E-state index in [0.29, 0.717) is 26.2 Å². The molecule has 13 heteroatoms. The highest BCUT2D eigenvalue weighted by Gasteiger charge is 2.47. The van der Waals surface area contributed by atoms with Crippen molar-refractivity contribution < 1.29 is 23.1 Å². The number of hydrogen-bond acceptors (Lipinski definition) is 7. The zero-order chi connectivity index (χ0) is 28.5. The summed E-state index contributed by atoms with van der Waals surface area (Å²) in [5.41, 5.74) is -0.631. The molecule has 212 valence electrons. The second-order valence-electron chi connectivity index (χ2n) is 11.1. The molecule has 0 spiro atoms. The molecule has 4 aliphatic heterocycles. The van der Waals surface area contributed by atoms with Gasteiger partial charge in [-0.15, -0.1) is 0 Å². The number of likely N-dealkylation sites (tertiary alicyclic amines) is 2. The Labute approximate surface area is 239 Å². The Morgan fingerprint density at radius 1 is 1.17 bits per heavy atom. The van der Waals surface area contributed by atoms with E-state index in [0.717, 1.165) is 6.42 Å². The summed E-state index contributed by atoms with van der Waals surface area (Å²) in [6, 6.07) is 7.32. The molecule has 1 aromatic carbocycles. The molecule has 1 N–H and O–H groups in total. The normalized spacial score (nSPS) is 25.4. The van der Waals surface area contributed by atoms with Gasteiger partial charge in [0.1, 0.15) is 5.82 Å². The summed E-state index contributed by atoms with van der Waals surface area (Å²) in [6.45, 7) is 3.75. The quantitative estimate of drug-likeness (QED) is 0.503. The van der Waals surface area contributed by atoms with E-state index in [1.54, 1.807) is 24.0 Å². The number of aromatic nitrogens is 3. The first-order chi connectivity index (χ1) is 19.7. The Bertz CT molecular complexity index is 1570. The first-order valence-corrected chi connectivity index (χ1v) is 13.8. The lowest BCUT2D eigenvalue weighted by Crippen LogP contribution is -2.61. The fraction of sp³-hybridized carbons (Fsp3) is 0.393. The second-order valence-corrected chi connectivity index (χ2v) is 11.5. The SMILES string of the molecule is C[C@@]1(c2cccc(Cl)c2F)CN(c2ncccc2F)C(=O)c2cnc(NC3CN(C(=O)N4C[C@@H]5C[C@H]4CO5)C3)nc21. The van der Waals surface area contributed by atoms with Crippen LogP contribution in [0.25, 0.3) is 0 Å². The largest absolute Gasteiger partial charge is 0.374 e. The molecule has 0 aliphatic carbocycles. The number of pyridine rings is 1. The van der Waals surface area contributed by atoms with Crippen LogP contribution in [0, 0.1) is 11.6 Å². The van der Waals surface area contributed by atoms with Gasteiger partial charge in [0.05, 0.1) is 46.5 Å². The van der Waals surface area contributed by atoms with Gasteiger partial charge >= 0.3 is 6.03 Å². The first-order valence-electron chi connectivity index (χ1n) is 13.4. The first kappa shape index (κ1) is 26.0. The second kappa shape index (κ2) is 9.59. The van der Waals surface area contributed by atoms with Crippen molar-refractivity contribution >= 4 is 35.3 Å². The maximum Gasteiger partial charge on any atom is 0.320 e. The summed E-state index contributed by atoms with van der Waals surface area (Å²) in [5, 5.41) is 3.16. The van der Waals surface area contributed by atoms with Crippen LogP contribution in [-0.2, 0) is 10.2 Å². The van der Waals surface area contributed by atoms with Crippen molar-refractivity contribution in [2.75, 3.05) is 43.0 Å². The van der Waals surface area contributed by atoms with E-state index in [2.05, 4.69) is 15.3 Å². The molecule has 10 nitrogen and oxygen atoms in total. The van der Waals surface area contributed by atoms with E-state index in [-0.39, 0.29) is 64.4 Å². The van der Waals surface area contributed by atoms with Gasteiger partial charge in [-0.3, -0.25) is 9.69 Å². The molecule has 2 bridgehead atoms. The van der Waals surface area contributed by atoms with Gasteiger partial charge in [0.25, 0.3) is 5.91 Å². The fourth-order valence-corrected chi connectivity index (χ4v) is 6.43. The summed E-state index contributed by atoms with van der Waals surface area (Å²) in [6.07, 6.45) is 3.77. The van der Waals surface area contributed by atoms with Crippen molar-refractivity contribution in [2.24, 2.45) is 0 Å². The topological polar surface area (TPSA) is 104 Å². The molecule has 3 fully saturated rings. The number of carbonyl (C=O) groups is 2. The highest BCUT2D eigenvalue weighted by atomic mass is 35.5. The van der Waals surface area contributed by atoms with Crippen LogP contribution in [0.1, 0.15) is 35.0 Å². The van der Waals surface area contributed by atoms with Crippen LogP contribution in [0.3, 0.4) is 0 Å². The standard InChI is InChI=1S/C28H26ClF2N7O3/c1-28(19-4-2-5-20(29)22(19)31)14-38(24-21(30)6-3-7-32-24)25(39)18-9-33-26(35-23(18)28)34-15-10-36(11-15)27(40)37-12-17-8-16(37)13-41-17/h2-7,9,15-17H,8,10-14H2,1H3,(H,33,34,35)/t16-,17-,28-/m0/s1. The molecule has 0 unspecified atom stereocenters. The molecule has 41 heavy (non-hydrogen) atoms. The van der Waals surface area contributed by atoms with Crippen LogP contribution in [0.5, 0.6) is 0 Å². The van der Waals surface area contributed by atoms with Crippen LogP contribution < -0.4 is 10.2 Å². The molecular formula is C28H26ClF2N7O3. The number of rotatable bonds is 4. The molecule has 3 amide bonds. The van der Waals surface area contributed by atoms with Gasteiger partial charge in [0.2, 0.25) is 5.95 Å². The van der Waals surface area contributed by atoms with Crippen molar-refractivity contribution in [1.82, 2.24) is 24.8 Å². The van der Waals surface area contributed by atoms with Gasteiger partial charge in [-0.2, -0.15) is 0 Å². The minimum absolute atomic E-state index is 0.00153. The summed E-state index contributed by atoms with van der Waals surface area (Å²) < 4.78 is 35.8. The molecule has 3 aromatic rings. The van der Waals surface area contributed by atoms with E-state index >= 15 is 4.39 Å². The molecule has 7 rings (SSSR count). The van der Waals surface area contributed by atoms with Crippen LogP contribution >= 0.6 is 11.6 Å². The van der Waals surface area contributed by atoms with Gasteiger partial charge in [0, 0.05) is 44.1 Å². The average molecular weight is 582 g/mol. The number of carbonyl (C=O) groups excluding carboxylic acids is 2. The summed E-state index contributed by atoms with van der Waals surface area (Å²) in [4.78, 5) is 44.5. The number of morpholine rings is 1. The summed E-state index contributed by atoms with van der Waals surface area (Å²) in [5.74, 6) is -1.81. The zero-order valence-electron chi connectivity index (χ0n) is 22.1. The molecule has 0 radical (unpaired) electrons. The number of fused-ring (bicyclic) bond motifs is 3. The minimum Gasteiger partial charge on any atom is -0.374 e. The minimum atomic E-state index is -1.22. The molecule has 4 aliphatic rings. The molecular weight excluding hydrogens is 556 g/mol. The molecule has 6 heterocycles. The van der Waals surface area contributed by atoms with Gasteiger partial charge in [-0.1, -0.05) is 23.7 Å². The summed E-state index contributed by atoms with van der Waals surface area (Å²) in [7, 11) is 0. The van der Waals surface area contributed by atoms with Crippen molar-refractivity contribution in [3.63, 3.8) is 0 Å². The summed E-state index contributed by atoms with van der Waals surface area (Å²) >= 11 is 6.15. The molecule has 0 saturated carbocycles. The van der Waals surface area contributed by atoms with Crippen LogP contribution in [0.4, 0.5) is 25.3 Å². The number of benzene rings is 1. The van der Waals surface area contributed by atoms with Crippen molar-refractivity contribution in [3.05, 3.63) is 76.2 Å². The van der Waals surface area contributed by atoms with Gasteiger partial charge in [0.15, 0.2) is 11.6 Å². The van der Waals surface area contributed by atoms with Gasteiger partial charge in [-0.25, -0.2) is 28.5 Å². The Kier molecular flexibility index (Phi) is 6.09. The lowest BCUT2D eigenvalue weighted by molar-refractivity contribution is 0.0303. The Morgan fingerprint density at radius 2 is 2.00 bits per heavy atom. The maximum atomic E-state index is 15.5. The van der Waals surface area contributed by atoms with Crippen molar-refractivity contribution in [1.29, 1.82) is 0 Å². The lowest BCUT2D eigenvalue weighted by atomic mass is 9.74. The molecule has 2 aromatic heterocycles. The molecule has 3 saturated heterocycles. The lowest BCUT2D eigenvalue weighted by Gasteiger charge is -2.43. The third-order valence-corrected chi connectivity index (χ3v) is 8.73. The molecule has 3 atom stereocenters. The third-order valence-electron chi connectivity index (χ3n) is 8.43. The van der Waals surface area contributed by atoms with Crippen molar-refractivity contribution in [3.8, 4) is 0 Å². The number of nitrogens with one attached hydrogen (secondary N) is 1. The van der Waals surface area contributed by atoms with E-state index in [9.17, 15) is 14.0 Å². The highest BCUT2D eigenvalue weighted by Crippen LogP contribution is 2.42. The Hall–Kier alpha value is -3.90. The number of urea groups is 1. The number of ether oxygens (including phenoxy) is 1. The van der Waals surface area contributed by atoms with Crippen molar-refractivity contribution in [2.45, 2.75) is 36.9 Å². The number of amides is 3. The Balaban J connectivity index is 1.18. The van der Waals surface area contributed by atoms with Gasteiger partial charge in [-0.05, 0) is 31.5 Å².